The fourth-order valence-electron chi connectivity index (χ4n) is 1.50. The molecule has 0 radical (unpaired) electrons. The lowest BCUT2D eigenvalue weighted by molar-refractivity contribution is 0.859. The first-order valence-electron chi connectivity index (χ1n) is 5.20. The monoisotopic (exact) mass is 214 g/mol. The van der Waals surface area contributed by atoms with Gasteiger partial charge in [0, 0.05) is 25.9 Å². The Kier molecular flexibility index (Phi) is 3.05. The summed E-state index contributed by atoms with van der Waals surface area (Å²) in [7, 11) is 1.75. The van der Waals surface area contributed by atoms with Gasteiger partial charge in [-0.1, -0.05) is 30.3 Å². The maximum Gasteiger partial charge on any atom is 0.250 e. The van der Waals surface area contributed by atoms with Crippen molar-refractivity contribution in [2.45, 2.75) is 6.54 Å². The Morgan fingerprint density at radius 1 is 1.12 bits per heavy atom. The number of aromatic nitrogens is 1. The van der Waals surface area contributed by atoms with Crippen molar-refractivity contribution in [3.8, 4) is 0 Å². The van der Waals surface area contributed by atoms with Crippen molar-refractivity contribution in [2.24, 2.45) is 7.05 Å². The molecule has 3 heteroatoms. The molecule has 0 fully saturated rings. The van der Waals surface area contributed by atoms with E-state index >= 15 is 0 Å². The van der Waals surface area contributed by atoms with E-state index in [1.165, 1.54) is 5.56 Å². The van der Waals surface area contributed by atoms with E-state index in [1.807, 2.05) is 18.2 Å². The predicted molar refractivity (Wildman–Crippen MR) is 65.5 cm³/mol. The summed E-state index contributed by atoms with van der Waals surface area (Å²) in [6.07, 6.45) is 1.80. The Morgan fingerprint density at radius 2 is 1.88 bits per heavy atom. The minimum Gasteiger partial charge on any atom is -0.380 e. The van der Waals surface area contributed by atoms with E-state index in [-0.39, 0.29) is 5.56 Å². The van der Waals surface area contributed by atoms with Crippen LogP contribution in [0.1, 0.15) is 5.56 Å². The van der Waals surface area contributed by atoms with E-state index in [4.69, 9.17) is 0 Å². The molecule has 0 unspecified atom stereocenters. The molecule has 0 saturated carbocycles. The maximum absolute atomic E-state index is 11.2. The number of rotatable bonds is 3. The van der Waals surface area contributed by atoms with Crippen LogP contribution in [0.4, 0.5) is 5.69 Å². The third kappa shape index (κ3) is 2.51. The fraction of sp³-hybridized carbons (Fsp3) is 0.154. The van der Waals surface area contributed by atoms with Crippen molar-refractivity contribution in [2.75, 3.05) is 5.32 Å². The fourth-order valence-corrected chi connectivity index (χ4v) is 1.50. The van der Waals surface area contributed by atoms with Crippen molar-refractivity contribution >= 4 is 5.69 Å². The maximum atomic E-state index is 11.2. The zero-order chi connectivity index (χ0) is 11.4. The van der Waals surface area contributed by atoms with Gasteiger partial charge < -0.3 is 9.88 Å². The molecule has 1 aromatic heterocycles. The summed E-state index contributed by atoms with van der Waals surface area (Å²) in [5.74, 6) is 0. The van der Waals surface area contributed by atoms with Crippen molar-refractivity contribution < 1.29 is 0 Å². The van der Waals surface area contributed by atoms with Crippen LogP contribution in [0.15, 0.2) is 53.5 Å². The van der Waals surface area contributed by atoms with Crippen molar-refractivity contribution in [3.05, 3.63) is 64.6 Å². The molecule has 0 aliphatic rings. The van der Waals surface area contributed by atoms with E-state index in [2.05, 4.69) is 17.4 Å². The molecule has 16 heavy (non-hydrogen) atoms. The molecule has 3 nitrogen and oxygen atoms in total. The van der Waals surface area contributed by atoms with E-state index < -0.39 is 0 Å². The van der Waals surface area contributed by atoms with Gasteiger partial charge >= 0.3 is 0 Å². The minimum absolute atomic E-state index is 0.00487. The number of pyridine rings is 1. The molecule has 0 spiro atoms. The zero-order valence-corrected chi connectivity index (χ0v) is 9.18. The van der Waals surface area contributed by atoms with E-state index in [0.29, 0.717) is 0 Å². The molecule has 1 N–H and O–H groups in total. The molecule has 0 saturated heterocycles. The summed E-state index contributed by atoms with van der Waals surface area (Å²) in [4.78, 5) is 11.2. The SMILES string of the molecule is Cn1cc(NCc2ccccc2)ccc1=O. The average molecular weight is 214 g/mol. The Bertz CT molecular complexity index is 517. The number of aryl methyl sites for hydroxylation is 1. The summed E-state index contributed by atoms with van der Waals surface area (Å²) >= 11 is 0. The highest BCUT2D eigenvalue weighted by molar-refractivity contribution is 5.40. The minimum atomic E-state index is 0.00487. The van der Waals surface area contributed by atoms with Crippen LogP contribution < -0.4 is 10.9 Å². The Labute approximate surface area is 94.4 Å². The topological polar surface area (TPSA) is 34.0 Å². The van der Waals surface area contributed by atoms with E-state index in [0.717, 1.165) is 12.2 Å². The highest BCUT2D eigenvalue weighted by Crippen LogP contribution is 2.06. The Balaban J connectivity index is 2.05. The lowest BCUT2D eigenvalue weighted by atomic mass is 10.2. The number of hydrogen-bond acceptors (Lipinski definition) is 2. The first kappa shape index (κ1) is 10.5. The smallest absolute Gasteiger partial charge is 0.250 e. The molecular formula is C13H14N2O. The molecule has 0 aliphatic heterocycles. The summed E-state index contributed by atoms with van der Waals surface area (Å²) in [6.45, 7) is 0.763. The molecule has 0 aliphatic carbocycles. The molecule has 0 atom stereocenters. The van der Waals surface area contributed by atoms with Gasteiger partial charge in [0.2, 0.25) is 5.56 Å². The van der Waals surface area contributed by atoms with Crippen LogP contribution in [0.25, 0.3) is 0 Å². The Morgan fingerprint density at radius 3 is 2.56 bits per heavy atom. The zero-order valence-electron chi connectivity index (χ0n) is 9.18. The highest BCUT2D eigenvalue weighted by atomic mass is 16.1. The molecule has 82 valence electrons. The summed E-state index contributed by atoms with van der Waals surface area (Å²) in [5, 5.41) is 3.27. The van der Waals surface area contributed by atoms with Gasteiger partial charge in [0.1, 0.15) is 0 Å². The lowest BCUT2D eigenvalue weighted by Crippen LogP contribution is -2.15. The summed E-state index contributed by atoms with van der Waals surface area (Å²) in [6, 6.07) is 13.5. The molecular weight excluding hydrogens is 200 g/mol. The van der Waals surface area contributed by atoms with Crippen molar-refractivity contribution in [3.63, 3.8) is 0 Å². The van der Waals surface area contributed by atoms with Gasteiger partial charge in [0.15, 0.2) is 0 Å². The second-order valence-corrected chi connectivity index (χ2v) is 3.71. The molecule has 0 bridgehead atoms. The normalized spacial score (nSPS) is 10.1. The predicted octanol–water partition coefficient (Wildman–Crippen LogP) is 2.00. The van der Waals surface area contributed by atoms with Crippen LogP contribution in [0, 0.1) is 0 Å². The van der Waals surface area contributed by atoms with Gasteiger partial charge in [0.25, 0.3) is 0 Å². The molecule has 1 heterocycles. The second-order valence-electron chi connectivity index (χ2n) is 3.71. The summed E-state index contributed by atoms with van der Waals surface area (Å²) < 4.78 is 1.56. The van der Waals surface area contributed by atoms with Crippen molar-refractivity contribution in [1.29, 1.82) is 0 Å². The highest BCUT2D eigenvalue weighted by Gasteiger charge is 1.95. The quantitative estimate of drug-likeness (QED) is 0.847. The van der Waals surface area contributed by atoms with E-state index in [9.17, 15) is 4.79 Å². The van der Waals surface area contributed by atoms with Crippen LogP contribution in [-0.4, -0.2) is 4.57 Å². The molecule has 1 aromatic carbocycles. The standard InChI is InChI=1S/C13H14N2O/c1-15-10-12(7-8-13(15)16)14-9-11-5-3-2-4-6-11/h2-8,10,14H,9H2,1H3. The molecule has 0 amide bonds. The summed E-state index contributed by atoms with van der Waals surface area (Å²) in [5.41, 5.74) is 2.17. The third-order valence-corrected chi connectivity index (χ3v) is 2.43. The lowest BCUT2D eigenvalue weighted by Gasteiger charge is -2.07. The Hall–Kier alpha value is -2.03. The van der Waals surface area contributed by atoms with Crippen LogP contribution in [0.2, 0.25) is 0 Å². The average Bonchev–Trinajstić information content (AvgIpc) is 2.32. The number of nitrogens with zero attached hydrogens (tertiary/aromatic N) is 1. The number of benzene rings is 1. The van der Waals surface area contributed by atoms with Gasteiger partial charge in [-0.3, -0.25) is 4.79 Å². The van der Waals surface area contributed by atoms with Crippen molar-refractivity contribution in [1.82, 2.24) is 4.57 Å². The van der Waals surface area contributed by atoms with Crippen LogP contribution >= 0.6 is 0 Å². The third-order valence-electron chi connectivity index (χ3n) is 2.43. The number of anilines is 1. The van der Waals surface area contributed by atoms with Gasteiger partial charge in [-0.05, 0) is 11.6 Å². The van der Waals surface area contributed by atoms with E-state index in [1.54, 1.807) is 29.9 Å². The number of nitrogens with one attached hydrogen (secondary N) is 1. The molecule has 2 aromatic rings. The second kappa shape index (κ2) is 4.66. The van der Waals surface area contributed by atoms with Gasteiger partial charge in [-0.2, -0.15) is 0 Å². The number of hydrogen-bond donors (Lipinski definition) is 1. The largest absolute Gasteiger partial charge is 0.380 e. The van der Waals surface area contributed by atoms with Gasteiger partial charge in [0.05, 0.1) is 5.69 Å². The first-order chi connectivity index (χ1) is 7.75. The van der Waals surface area contributed by atoms with Crippen LogP contribution in [-0.2, 0) is 13.6 Å². The van der Waals surface area contributed by atoms with Crippen LogP contribution in [0.5, 0.6) is 0 Å². The first-order valence-corrected chi connectivity index (χ1v) is 5.20. The molecule has 2 rings (SSSR count). The van der Waals surface area contributed by atoms with Gasteiger partial charge in [-0.25, -0.2) is 0 Å². The van der Waals surface area contributed by atoms with Gasteiger partial charge in [-0.15, -0.1) is 0 Å². The van der Waals surface area contributed by atoms with Crippen LogP contribution in [0.3, 0.4) is 0 Å².